The molecule has 0 atom stereocenters. The fourth-order valence-electron chi connectivity index (χ4n) is 3.49. The summed E-state index contributed by atoms with van der Waals surface area (Å²) in [6, 6.07) is 0. The van der Waals surface area contributed by atoms with Crippen molar-refractivity contribution in [2.45, 2.75) is 77.5 Å². The molecule has 0 aromatic heterocycles. The number of carbonyl (C=O) groups is 4. The van der Waals surface area contributed by atoms with Crippen molar-refractivity contribution in [1.82, 2.24) is 0 Å². The second-order valence-corrected chi connectivity index (χ2v) is 13.2. The van der Waals surface area contributed by atoms with Gasteiger partial charge < -0.3 is 37.9 Å². The SMILES string of the molecule is CC(C)(N=[N+]=[N-])C(=O)OCCOCC(COCCOC(=O)C(C)(C)N=[N+]=[N-])(COCCOC(=O)C(C)(C)N=[N+]=[N-])COCCOC(=O)C(C)(C)N=[N+]=[N-]. The van der Waals surface area contributed by atoms with E-state index in [2.05, 4.69) is 40.1 Å². The van der Waals surface area contributed by atoms with E-state index in [1.165, 1.54) is 55.4 Å². The highest BCUT2D eigenvalue weighted by Gasteiger charge is 2.35. The van der Waals surface area contributed by atoms with Crippen LogP contribution in [0.2, 0.25) is 0 Å². The van der Waals surface area contributed by atoms with E-state index in [1.54, 1.807) is 0 Å². The van der Waals surface area contributed by atoms with Crippen LogP contribution in [0.4, 0.5) is 0 Å². The molecule has 24 heteroatoms. The van der Waals surface area contributed by atoms with Crippen LogP contribution in [-0.2, 0) is 57.1 Å². The minimum absolute atomic E-state index is 0.121. The Hall–Kier alpha value is -5.04. The fraction of sp³-hybridized carbons (Fsp3) is 0.862. The van der Waals surface area contributed by atoms with Crippen molar-refractivity contribution in [3.8, 4) is 0 Å². The molecular weight excluding hydrogens is 708 g/mol. The number of carbonyl (C=O) groups excluding carboxylic acids is 4. The van der Waals surface area contributed by atoms with E-state index in [0.29, 0.717) is 0 Å². The maximum atomic E-state index is 12.3. The zero-order valence-electron chi connectivity index (χ0n) is 31.3. The fourth-order valence-corrected chi connectivity index (χ4v) is 3.49. The highest BCUT2D eigenvalue weighted by molar-refractivity contribution is 5.81. The van der Waals surface area contributed by atoms with Gasteiger partial charge in [-0.05, 0) is 77.5 Å². The lowest BCUT2D eigenvalue weighted by Gasteiger charge is -2.33. The average Bonchev–Trinajstić information content (AvgIpc) is 3.07. The molecule has 0 aliphatic rings. The summed E-state index contributed by atoms with van der Waals surface area (Å²) in [4.78, 5) is 59.7. The van der Waals surface area contributed by atoms with Crippen LogP contribution in [0.25, 0.3) is 41.8 Å². The summed E-state index contributed by atoms with van der Waals surface area (Å²) in [5, 5.41) is 13.6. The molecule has 0 radical (unpaired) electrons. The number of esters is 4. The normalized spacial score (nSPS) is 12.7. The lowest BCUT2D eigenvalue weighted by Crippen LogP contribution is -2.43. The van der Waals surface area contributed by atoms with E-state index < -0.39 is 51.4 Å². The lowest BCUT2D eigenvalue weighted by molar-refractivity contribution is -0.156. The Balaban J connectivity index is 5.84. The summed E-state index contributed by atoms with van der Waals surface area (Å²) in [5.74, 6) is -3.13. The van der Waals surface area contributed by atoms with E-state index in [1.807, 2.05) is 0 Å². The number of hydrogen-bond acceptors (Lipinski definition) is 16. The molecule has 0 saturated heterocycles. The van der Waals surface area contributed by atoms with Gasteiger partial charge in [0.2, 0.25) is 0 Å². The third-order valence-electron chi connectivity index (χ3n) is 6.65. The molecule has 0 fully saturated rings. The predicted octanol–water partition coefficient (Wildman–Crippen LogP) is 4.57. The van der Waals surface area contributed by atoms with Crippen molar-refractivity contribution >= 4 is 23.9 Å². The van der Waals surface area contributed by atoms with Gasteiger partial charge in [-0.15, -0.1) is 0 Å². The molecule has 0 aromatic carbocycles. The zero-order valence-corrected chi connectivity index (χ0v) is 31.3. The zero-order chi connectivity index (χ0) is 40.6. The number of hydrogen-bond donors (Lipinski definition) is 0. The molecule has 0 aliphatic heterocycles. The second kappa shape index (κ2) is 23.5. The highest BCUT2D eigenvalue weighted by atomic mass is 16.6. The standard InChI is InChI=1S/C29H48N12O12/c1-25(2,34-38-30)21(42)50-13-9-46-17-29(18-47-10-14-51-22(43)26(3,4)35-39-31,19-48-11-15-52-23(44)27(5,6)36-40-32)20-49-12-16-53-24(45)28(7,8)37-41-33/h9-20H2,1-8H3. The first-order chi connectivity index (χ1) is 24.8. The molecular formula is C29H48N12O12. The Morgan fingerprint density at radius 3 is 0.755 bits per heavy atom. The van der Waals surface area contributed by atoms with Gasteiger partial charge in [-0.2, -0.15) is 0 Å². The Kier molecular flexibility index (Phi) is 21.3. The smallest absolute Gasteiger partial charge is 0.317 e. The molecule has 0 N–H and O–H groups in total. The van der Waals surface area contributed by atoms with Crippen LogP contribution in [0.15, 0.2) is 20.5 Å². The van der Waals surface area contributed by atoms with Gasteiger partial charge in [-0.1, -0.05) is 20.5 Å². The molecule has 0 aliphatic carbocycles. The first kappa shape index (κ1) is 48.0. The van der Waals surface area contributed by atoms with Gasteiger partial charge in [0, 0.05) is 19.6 Å². The van der Waals surface area contributed by atoms with Crippen LogP contribution >= 0.6 is 0 Å². The van der Waals surface area contributed by atoms with Crippen molar-refractivity contribution in [2.75, 3.05) is 79.3 Å². The van der Waals surface area contributed by atoms with Crippen LogP contribution in [0.3, 0.4) is 0 Å². The van der Waals surface area contributed by atoms with Crippen LogP contribution in [0.1, 0.15) is 55.4 Å². The summed E-state index contributed by atoms with van der Waals surface area (Å²) in [6.45, 7) is 9.15. The second-order valence-electron chi connectivity index (χ2n) is 13.2. The third-order valence-corrected chi connectivity index (χ3v) is 6.65. The molecule has 0 spiro atoms. The van der Waals surface area contributed by atoms with Crippen molar-refractivity contribution < 1.29 is 57.1 Å². The third kappa shape index (κ3) is 18.9. The van der Waals surface area contributed by atoms with Crippen molar-refractivity contribution in [1.29, 1.82) is 0 Å². The van der Waals surface area contributed by atoms with Gasteiger partial charge in [0.15, 0.2) is 0 Å². The Bertz CT molecular complexity index is 1220. The van der Waals surface area contributed by atoms with Crippen molar-refractivity contribution in [2.24, 2.45) is 25.9 Å². The Morgan fingerprint density at radius 2 is 0.585 bits per heavy atom. The summed E-state index contributed by atoms with van der Waals surface area (Å²) >= 11 is 0. The number of ether oxygens (including phenoxy) is 8. The monoisotopic (exact) mass is 756 g/mol. The first-order valence-electron chi connectivity index (χ1n) is 16.0. The van der Waals surface area contributed by atoms with Gasteiger partial charge in [-0.3, -0.25) is 19.2 Å². The summed E-state index contributed by atoms with van der Waals surface area (Å²) in [6.07, 6.45) is 0. The Labute approximate surface area is 305 Å². The Morgan fingerprint density at radius 1 is 0.396 bits per heavy atom. The minimum atomic E-state index is -1.45. The van der Waals surface area contributed by atoms with Gasteiger partial charge in [0.25, 0.3) is 0 Å². The van der Waals surface area contributed by atoms with Gasteiger partial charge in [0.05, 0.1) is 58.3 Å². The van der Waals surface area contributed by atoms with E-state index in [9.17, 15) is 19.2 Å². The quantitative estimate of drug-likeness (QED) is 0.0265. The van der Waals surface area contributed by atoms with Crippen molar-refractivity contribution in [3.63, 3.8) is 0 Å². The summed E-state index contributed by atoms with van der Waals surface area (Å²) < 4.78 is 43.9. The molecule has 0 heterocycles. The molecule has 0 saturated carbocycles. The minimum Gasteiger partial charge on any atom is -0.463 e. The van der Waals surface area contributed by atoms with E-state index >= 15 is 0 Å². The molecule has 0 unspecified atom stereocenters. The van der Waals surface area contributed by atoms with Crippen LogP contribution < -0.4 is 0 Å². The summed E-state index contributed by atoms with van der Waals surface area (Å²) in [5.41, 5.74) is 27.8. The molecule has 0 rings (SSSR count). The van der Waals surface area contributed by atoms with Crippen LogP contribution in [0.5, 0.6) is 0 Å². The maximum absolute atomic E-state index is 12.3. The van der Waals surface area contributed by atoms with E-state index in [4.69, 9.17) is 60.0 Å². The largest absolute Gasteiger partial charge is 0.463 e. The number of azide groups is 4. The average molecular weight is 757 g/mol. The maximum Gasteiger partial charge on any atom is 0.317 e. The predicted molar refractivity (Wildman–Crippen MR) is 182 cm³/mol. The summed E-state index contributed by atoms with van der Waals surface area (Å²) in [7, 11) is 0. The van der Waals surface area contributed by atoms with Crippen LogP contribution in [0, 0.1) is 5.41 Å². The number of nitrogens with zero attached hydrogens (tertiary/aromatic N) is 12. The number of rotatable bonds is 28. The lowest BCUT2D eigenvalue weighted by atomic mass is 9.92. The van der Waals surface area contributed by atoms with Crippen molar-refractivity contribution in [3.05, 3.63) is 41.8 Å². The molecule has 0 bridgehead atoms. The van der Waals surface area contributed by atoms with Crippen LogP contribution in [-0.4, -0.2) is 125 Å². The molecule has 0 aromatic rings. The molecule has 53 heavy (non-hydrogen) atoms. The van der Waals surface area contributed by atoms with Gasteiger partial charge in [0.1, 0.15) is 48.6 Å². The van der Waals surface area contributed by atoms with Gasteiger partial charge in [-0.25, -0.2) is 0 Å². The first-order valence-corrected chi connectivity index (χ1v) is 16.0. The topological polar surface area (TPSA) is 337 Å². The van der Waals surface area contributed by atoms with Gasteiger partial charge >= 0.3 is 23.9 Å². The molecule has 0 amide bonds. The van der Waals surface area contributed by atoms with E-state index in [-0.39, 0.29) is 79.3 Å². The highest BCUT2D eigenvalue weighted by Crippen LogP contribution is 2.22. The molecule has 296 valence electrons. The molecule has 24 nitrogen and oxygen atoms in total. The van der Waals surface area contributed by atoms with E-state index in [0.717, 1.165) is 0 Å².